The van der Waals surface area contributed by atoms with Crippen LogP contribution < -0.4 is 0 Å². The molecule has 0 radical (unpaired) electrons. The standard InChI is InChI=1S/C37H23NS/c1-4-14-27-24(10-1)12-9-19-35(27)39-37-31-18-8-7-17-30(31)36(34-23-38-21-20-32(34)37)33-22-25-11-2-3-13-26(25)28-15-5-6-16-29(28)33/h1-23H. The largest absolute Gasteiger partial charge is 0.264 e. The first-order chi connectivity index (χ1) is 19.4. The number of aromatic nitrogens is 1. The summed E-state index contributed by atoms with van der Waals surface area (Å²) >= 11 is 1.86. The van der Waals surface area contributed by atoms with Gasteiger partial charge in [0, 0.05) is 27.6 Å². The number of pyridine rings is 1. The van der Waals surface area contributed by atoms with E-state index < -0.39 is 0 Å². The van der Waals surface area contributed by atoms with Crippen molar-refractivity contribution in [1.82, 2.24) is 4.98 Å². The molecule has 8 aromatic rings. The van der Waals surface area contributed by atoms with Crippen molar-refractivity contribution in [3.63, 3.8) is 0 Å². The fraction of sp³-hybridized carbons (Fsp3) is 0. The Morgan fingerprint density at radius 3 is 1.90 bits per heavy atom. The van der Waals surface area contributed by atoms with Crippen molar-refractivity contribution in [3.8, 4) is 11.1 Å². The minimum absolute atomic E-state index is 1.18. The second-order valence-corrected chi connectivity index (χ2v) is 11.0. The molecule has 0 aliphatic carbocycles. The van der Waals surface area contributed by atoms with Gasteiger partial charge in [0.05, 0.1) is 0 Å². The van der Waals surface area contributed by atoms with Crippen LogP contribution in [0.15, 0.2) is 150 Å². The van der Waals surface area contributed by atoms with Crippen molar-refractivity contribution in [2.45, 2.75) is 9.79 Å². The van der Waals surface area contributed by atoms with E-state index in [4.69, 9.17) is 0 Å². The van der Waals surface area contributed by atoms with E-state index in [1.165, 1.54) is 74.8 Å². The Morgan fingerprint density at radius 1 is 0.436 bits per heavy atom. The molecule has 1 aromatic heterocycles. The minimum atomic E-state index is 1.18. The van der Waals surface area contributed by atoms with Crippen LogP contribution in [0.3, 0.4) is 0 Å². The van der Waals surface area contributed by atoms with Crippen molar-refractivity contribution < 1.29 is 0 Å². The molecule has 0 aliphatic heterocycles. The molecule has 7 aromatic carbocycles. The summed E-state index contributed by atoms with van der Waals surface area (Å²) in [5.74, 6) is 0. The third kappa shape index (κ3) is 3.53. The molecule has 0 unspecified atom stereocenters. The van der Waals surface area contributed by atoms with Crippen molar-refractivity contribution in [2.24, 2.45) is 0 Å². The fourth-order valence-electron chi connectivity index (χ4n) is 6.04. The Morgan fingerprint density at radius 2 is 1.05 bits per heavy atom. The van der Waals surface area contributed by atoms with Gasteiger partial charge in [-0.25, -0.2) is 0 Å². The van der Waals surface area contributed by atoms with E-state index in [1.807, 2.05) is 24.2 Å². The van der Waals surface area contributed by atoms with E-state index in [2.05, 4.69) is 132 Å². The van der Waals surface area contributed by atoms with Crippen LogP contribution in [0.25, 0.3) is 65.0 Å². The second-order valence-electron chi connectivity index (χ2n) is 9.94. The summed E-state index contributed by atoms with van der Waals surface area (Å²) in [5.41, 5.74) is 2.50. The van der Waals surface area contributed by atoms with Gasteiger partial charge in [0.25, 0.3) is 0 Å². The topological polar surface area (TPSA) is 12.9 Å². The van der Waals surface area contributed by atoms with Gasteiger partial charge >= 0.3 is 0 Å². The quantitative estimate of drug-likeness (QED) is 0.172. The molecule has 0 spiro atoms. The number of benzene rings is 7. The lowest BCUT2D eigenvalue weighted by molar-refractivity contribution is 1.36. The predicted molar refractivity (Wildman–Crippen MR) is 168 cm³/mol. The molecule has 39 heavy (non-hydrogen) atoms. The van der Waals surface area contributed by atoms with Gasteiger partial charge < -0.3 is 0 Å². The lowest BCUT2D eigenvalue weighted by Gasteiger charge is -2.19. The fourth-order valence-corrected chi connectivity index (χ4v) is 7.28. The van der Waals surface area contributed by atoms with E-state index in [9.17, 15) is 0 Å². The summed E-state index contributed by atoms with van der Waals surface area (Å²) in [7, 11) is 0. The van der Waals surface area contributed by atoms with Crippen molar-refractivity contribution in [2.75, 3.05) is 0 Å². The highest BCUT2D eigenvalue weighted by molar-refractivity contribution is 8.00. The monoisotopic (exact) mass is 513 g/mol. The summed E-state index contributed by atoms with van der Waals surface area (Å²) in [6.07, 6.45) is 3.97. The zero-order valence-corrected chi connectivity index (χ0v) is 22.0. The molecular weight excluding hydrogens is 490 g/mol. The summed E-state index contributed by atoms with van der Waals surface area (Å²) < 4.78 is 0. The summed E-state index contributed by atoms with van der Waals surface area (Å²) in [6, 6.07) is 46.1. The Labute approximate surface area is 230 Å². The number of rotatable bonds is 3. The molecule has 2 heteroatoms. The lowest BCUT2D eigenvalue weighted by atomic mass is 9.88. The van der Waals surface area contributed by atoms with Gasteiger partial charge in [0.15, 0.2) is 0 Å². The lowest BCUT2D eigenvalue weighted by Crippen LogP contribution is -1.92. The van der Waals surface area contributed by atoms with Gasteiger partial charge in [-0.2, -0.15) is 0 Å². The predicted octanol–water partition coefficient (Wildman–Crippen LogP) is 10.7. The van der Waals surface area contributed by atoms with E-state index in [0.717, 1.165) is 0 Å². The zero-order valence-electron chi connectivity index (χ0n) is 21.1. The number of hydrogen-bond acceptors (Lipinski definition) is 2. The highest BCUT2D eigenvalue weighted by atomic mass is 32.2. The highest BCUT2D eigenvalue weighted by Gasteiger charge is 2.19. The van der Waals surface area contributed by atoms with E-state index in [-0.39, 0.29) is 0 Å². The zero-order chi connectivity index (χ0) is 25.8. The normalized spacial score (nSPS) is 11.7. The van der Waals surface area contributed by atoms with Crippen LogP contribution in [0.2, 0.25) is 0 Å². The molecule has 0 fully saturated rings. The number of hydrogen-bond donors (Lipinski definition) is 0. The minimum Gasteiger partial charge on any atom is -0.264 e. The smallest absolute Gasteiger partial charge is 0.0353 e. The molecule has 0 N–H and O–H groups in total. The molecule has 0 amide bonds. The molecule has 0 saturated heterocycles. The molecule has 1 nitrogen and oxygen atoms in total. The molecule has 0 bridgehead atoms. The van der Waals surface area contributed by atoms with Crippen LogP contribution in [0.5, 0.6) is 0 Å². The Bertz CT molecular complexity index is 2150. The summed E-state index contributed by atoms with van der Waals surface area (Å²) in [5, 5.41) is 12.5. The van der Waals surface area contributed by atoms with Gasteiger partial charge in [-0.1, -0.05) is 121 Å². The Hall–Kier alpha value is -4.66. The van der Waals surface area contributed by atoms with Crippen LogP contribution in [0.4, 0.5) is 0 Å². The van der Waals surface area contributed by atoms with Crippen molar-refractivity contribution in [1.29, 1.82) is 0 Å². The van der Waals surface area contributed by atoms with Crippen LogP contribution in [0.1, 0.15) is 0 Å². The summed E-state index contributed by atoms with van der Waals surface area (Å²) in [6.45, 7) is 0. The van der Waals surface area contributed by atoms with Gasteiger partial charge in [0.1, 0.15) is 0 Å². The highest BCUT2D eigenvalue weighted by Crippen LogP contribution is 2.48. The molecule has 0 saturated carbocycles. The van der Waals surface area contributed by atoms with Crippen LogP contribution in [-0.4, -0.2) is 4.98 Å². The second kappa shape index (κ2) is 8.97. The maximum absolute atomic E-state index is 4.64. The SMILES string of the molecule is c1ccc2c(Sc3c4ccccc4c(-c4cc5ccccc5c5ccccc45)c4cnccc34)cccc2c1. The third-order valence-corrected chi connectivity index (χ3v) is 8.99. The molecule has 0 aliphatic rings. The first kappa shape index (κ1) is 22.3. The van der Waals surface area contributed by atoms with Crippen LogP contribution in [-0.2, 0) is 0 Å². The van der Waals surface area contributed by atoms with E-state index in [0.29, 0.717) is 0 Å². The first-order valence-electron chi connectivity index (χ1n) is 13.2. The maximum atomic E-state index is 4.64. The van der Waals surface area contributed by atoms with Crippen LogP contribution in [0, 0.1) is 0 Å². The first-order valence-corrected chi connectivity index (χ1v) is 14.0. The van der Waals surface area contributed by atoms with Gasteiger partial charge in [-0.05, 0) is 77.8 Å². The molecule has 0 atom stereocenters. The Balaban J connectivity index is 1.49. The average molecular weight is 514 g/mol. The van der Waals surface area contributed by atoms with Gasteiger partial charge in [0.2, 0.25) is 0 Å². The molecule has 182 valence electrons. The van der Waals surface area contributed by atoms with Crippen molar-refractivity contribution in [3.05, 3.63) is 140 Å². The van der Waals surface area contributed by atoms with Crippen molar-refractivity contribution >= 4 is 65.6 Å². The third-order valence-electron chi connectivity index (χ3n) is 7.78. The molecular formula is C37H23NS. The molecule has 8 rings (SSSR count). The number of fused-ring (bicyclic) bond motifs is 6. The number of nitrogens with zero attached hydrogens (tertiary/aromatic N) is 1. The maximum Gasteiger partial charge on any atom is 0.0353 e. The van der Waals surface area contributed by atoms with E-state index >= 15 is 0 Å². The Kier molecular flexibility index (Phi) is 5.14. The summed E-state index contributed by atoms with van der Waals surface area (Å²) in [4.78, 5) is 7.17. The average Bonchev–Trinajstić information content (AvgIpc) is 3.01. The van der Waals surface area contributed by atoms with E-state index in [1.54, 1.807) is 0 Å². The van der Waals surface area contributed by atoms with Crippen LogP contribution >= 0.6 is 11.8 Å². The molecule has 1 heterocycles. The van der Waals surface area contributed by atoms with Gasteiger partial charge in [-0.15, -0.1) is 0 Å². The van der Waals surface area contributed by atoms with Gasteiger partial charge in [-0.3, -0.25) is 4.98 Å².